The van der Waals surface area contributed by atoms with Crippen LogP contribution in [-0.4, -0.2) is 65.2 Å². The Morgan fingerprint density at radius 1 is 1.18 bits per heavy atom. The van der Waals surface area contributed by atoms with Gasteiger partial charge in [0.05, 0.1) is 29.5 Å². The lowest BCUT2D eigenvalue weighted by molar-refractivity contribution is -0.144. The maximum absolute atomic E-state index is 13.6. The van der Waals surface area contributed by atoms with Gasteiger partial charge in [0, 0.05) is 26.2 Å². The van der Waals surface area contributed by atoms with E-state index in [1.165, 1.54) is 11.7 Å². The van der Waals surface area contributed by atoms with E-state index in [1.54, 1.807) is 17.0 Å². The number of pyridine rings is 1. The van der Waals surface area contributed by atoms with Crippen molar-refractivity contribution < 1.29 is 27.4 Å². The molecular weight excluding hydrogens is 473 g/mol. The summed E-state index contributed by atoms with van der Waals surface area (Å²) in [5.74, 6) is 0.413. The number of halogens is 4. The van der Waals surface area contributed by atoms with Crippen LogP contribution in [0.25, 0.3) is 0 Å². The van der Waals surface area contributed by atoms with E-state index in [0.717, 1.165) is 6.07 Å². The predicted octanol–water partition coefficient (Wildman–Crippen LogP) is 4.43. The monoisotopic (exact) mass is 500 g/mol. The average molecular weight is 501 g/mol. The van der Waals surface area contributed by atoms with E-state index in [9.17, 15) is 18.0 Å². The highest BCUT2D eigenvalue weighted by molar-refractivity contribution is 6.31. The first-order valence-electron chi connectivity index (χ1n) is 11.2. The number of likely N-dealkylation sites (N-methyl/N-ethyl adjacent to an activating group) is 1. The Hall–Kier alpha value is -2.46. The highest BCUT2D eigenvalue weighted by atomic mass is 35.5. The molecule has 4 rings (SSSR count). The van der Waals surface area contributed by atoms with Crippen LogP contribution in [0.1, 0.15) is 48.6 Å². The minimum atomic E-state index is -4.48. The second kappa shape index (κ2) is 8.96. The number of ether oxygens (including phenoxy) is 2. The fourth-order valence-electron chi connectivity index (χ4n) is 5.00. The van der Waals surface area contributed by atoms with Gasteiger partial charge in [-0.15, -0.1) is 0 Å². The van der Waals surface area contributed by atoms with Crippen LogP contribution in [-0.2, 0) is 18.3 Å². The summed E-state index contributed by atoms with van der Waals surface area (Å²) in [6.45, 7) is 5.16. The summed E-state index contributed by atoms with van der Waals surface area (Å²) in [4.78, 5) is 21.2. The molecule has 1 amide bonds. The number of aromatic nitrogens is 2. The van der Waals surface area contributed by atoms with E-state index in [-0.39, 0.29) is 35.2 Å². The molecule has 0 atom stereocenters. The Balaban J connectivity index is 1.57. The molecule has 34 heavy (non-hydrogen) atoms. The number of methoxy groups -OCH3 is 1. The van der Waals surface area contributed by atoms with Crippen LogP contribution < -0.4 is 9.47 Å². The summed E-state index contributed by atoms with van der Waals surface area (Å²) in [6, 6.07) is 4.27. The summed E-state index contributed by atoms with van der Waals surface area (Å²) in [5, 5.41) is 0.116. The summed E-state index contributed by atoms with van der Waals surface area (Å²) >= 11 is 6.37. The number of nitrogens with zero attached hydrogens (tertiary/aromatic N) is 4. The Labute approximate surface area is 201 Å². The van der Waals surface area contributed by atoms with E-state index in [0.29, 0.717) is 43.9 Å². The third-order valence-electron chi connectivity index (χ3n) is 6.65. The van der Waals surface area contributed by atoms with Crippen molar-refractivity contribution in [3.05, 3.63) is 40.3 Å². The van der Waals surface area contributed by atoms with Gasteiger partial charge in [-0.2, -0.15) is 13.2 Å². The van der Waals surface area contributed by atoms with Gasteiger partial charge < -0.3 is 18.9 Å². The molecule has 0 radical (unpaired) electrons. The van der Waals surface area contributed by atoms with Gasteiger partial charge in [0.2, 0.25) is 0 Å². The van der Waals surface area contributed by atoms with Crippen molar-refractivity contribution in [3.63, 3.8) is 0 Å². The summed E-state index contributed by atoms with van der Waals surface area (Å²) < 4.78 is 53.0. The smallest absolute Gasteiger partial charge is 0.431 e. The minimum absolute atomic E-state index is 0.0772. The largest absolute Gasteiger partial charge is 0.485 e. The number of carbonyl (C=O) groups excluding carboxylic acids is 1. The molecule has 0 unspecified atom stereocenters. The molecule has 186 valence electrons. The first kappa shape index (κ1) is 24.7. The van der Waals surface area contributed by atoms with E-state index >= 15 is 0 Å². The standard InChI is InChI=1S/C23H28ClF3N4O3/c1-14(2)34-17-6-5-16(28-20(17)33-4)21(32)30-9-7-22(8-10-30)19-15(24)13-18(23(25,26)27)31(19)12-11-29(22)3/h5-6,13-14H,7-12H2,1-4H3. The van der Waals surface area contributed by atoms with Gasteiger partial charge in [0.1, 0.15) is 11.4 Å². The van der Waals surface area contributed by atoms with Crippen LogP contribution in [0, 0.1) is 0 Å². The molecule has 0 aliphatic carbocycles. The first-order chi connectivity index (χ1) is 16.0. The lowest BCUT2D eigenvalue weighted by Crippen LogP contribution is -2.57. The average Bonchev–Trinajstić information content (AvgIpc) is 3.14. The number of hydrogen-bond acceptors (Lipinski definition) is 5. The fourth-order valence-corrected chi connectivity index (χ4v) is 5.38. The van der Waals surface area contributed by atoms with Crippen molar-refractivity contribution in [1.82, 2.24) is 19.4 Å². The maximum Gasteiger partial charge on any atom is 0.431 e. The number of rotatable bonds is 4. The molecule has 0 saturated carbocycles. The number of likely N-dealkylation sites (tertiary alicyclic amines) is 1. The quantitative estimate of drug-likeness (QED) is 0.621. The molecule has 1 spiro atoms. The molecule has 11 heteroatoms. The molecule has 0 aromatic carbocycles. The SMILES string of the molecule is COc1nc(C(=O)N2CCC3(CC2)c2c(Cl)cc(C(F)(F)F)n2CCN3C)ccc1OC(C)C. The van der Waals surface area contributed by atoms with Gasteiger partial charge in [-0.25, -0.2) is 4.98 Å². The van der Waals surface area contributed by atoms with Gasteiger partial charge in [0.15, 0.2) is 5.75 Å². The van der Waals surface area contributed by atoms with Crippen LogP contribution in [0.3, 0.4) is 0 Å². The summed E-state index contributed by atoms with van der Waals surface area (Å²) in [5.41, 5.74) is -0.687. The van der Waals surface area contributed by atoms with Gasteiger partial charge in [-0.3, -0.25) is 9.69 Å². The van der Waals surface area contributed by atoms with Crippen molar-refractivity contribution in [2.45, 2.75) is 51.1 Å². The third kappa shape index (κ3) is 4.22. The number of amides is 1. The molecule has 2 aliphatic heterocycles. The minimum Gasteiger partial charge on any atom is -0.485 e. The molecule has 2 aliphatic rings. The van der Waals surface area contributed by atoms with Crippen LogP contribution in [0.5, 0.6) is 11.6 Å². The van der Waals surface area contributed by atoms with E-state index in [2.05, 4.69) is 9.88 Å². The molecule has 2 aromatic heterocycles. The highest BCUT2D eigenvalue weighted by Crippen LogP contribution is 2.47. The number of carbonyl (C=O) groups is 1. The number of alkyl halides is 3. The maximum atomic E-state index is 13.6. The summed E-state index contributed by atoms with van der Waals surface area (Å²) in [7, 11) is 3.36. The zero-order valence-electron chi connectivity index (χ0n) is 19.6. The van der Waals surface area contributed by atoms with Gasteiger partial charge in [-0.05, 0) is 51.9 Å². The van der Waals surface area contributed by atoms with Crippen LogP contribution in [0.2, 0.25) is 5.02 Å². The lowest BCUT2D eigenvalue weighted by atomic mass is 9.81. The molecule has 7 nitrogen and oxygen atoms in total. The Morgan fingerprint density at radius 3 is 2.44 bits per heavy atom. The normalized spacial score (nSPS) is 18.3. The molecule has 1 saturated heterocycles. The summed E-state index contributed by atoms with van der Waals surface area (Å²) in [6.07, 6.45) is -3.64. The molecule has 0 bridgehead atoms. The van der Waals surface area contributed by atoms with Crippen molar-refractivity contribution in [3.8, 4) is 11.6 Å². The van der Waals surface area contributed by atoms with Gasteiger partial charge >= 0.3 is 6.18 Å². The second-order valence-electron chi connectivity index (χ2n) is 8.99. The third-order valence-corrected chi connectivity index (χ3v) is 6.94. The van der Waals surface area contributed by atoms with Gasteiger partial charge in [-0.1, -0.05) is 11.6 Å². The fraction of sp³-hybridized carbons (Fsp3) is 0.565. The van der Waals surface area contributed by atoms with Crippen LogP contribution in [0.4, 0.5) is 13.2 Å². The topological polar surface area (TPSA) is 59.8 Å². The Bertz CT molecular complexity index is 1080. The Morgan fingerprint density at radius 2 is 1.85 bits per heavy atom. The highest BCUT2D eigenvalue weighted by Gasteiger charge is 2.49. The van der Waals surface area contributed by atoms with Crippen molar-refractivity contribution in [2.75, 3.05) is 33.8 Å². The predicted molar refractivity (Wildman–Crippen MR) is 120 cm³/mol. The van der Waals surface area contributed by atoms with Crippen molar-refractivity contribution >= 4 is 17.5 Å². The van der Waals surface area contributed by atoms with Crippen molar-refractivity contribution in [1.29, 1.82) is 0 Å². The van der Waals surface area contributed by atoms with Crippen LogP contribution >= 0.6 is 11.6 Å². The Kier molecular flexibility index (Phi) is 6.50. The number of fused-ring (bicyclic) bond motifs is 2. The zero-order chi connectivity index (χ0) is 24.8. The van der Waals surface area contributed by atoms with E-state index in [1.807, 2.05) is 20.9 Å². The molecule has 0 N–H and O–H groups in total. The second-order valence-corrected chi connectivity index (χ2v) is 9.40. The number of hydrogen-bond donors (Lipinski definition) is 0. The molecule has 1 fully saturated rings. The van der Waals surface area contributed by atoms with Gasteiger partial charge in [0.25, 0.3) is 11.8 Å². The molecule has 4 heterocycles. The van der Waals surface area contributed by atoms with Crippen molar-refractivity contribution in [2.24, 2.45) is 0 Å². The molecule has 2 aromatic rings. The zero-order valence-corrected chi connectivity index (χ0v) is 20.3. The molecular formula is C23H28ClF3N4O3. The van der Waals surface area contributed by atoms with Crippen LogP contribution in [0.15, 0.2) is 18.2 Å². The van der Waals surface area contributed by atoms with E-state index in [4.69, 9.17) is 21.1 Å². The lowest BCUT2D eigenvalue weighted by Gasteiger charge is -2.50. The number of piperidine rings is 1. The first-order valence-corrected chi connectivity index (χ1v) is 11.5. The van der Waals surface area contributed by atoms with E-state index < -0.39 is 17.4 Å².